The molecule has 0 saturated heterocycles. The maximum Gasteiger partial charge on any atom is 0.267 e. The zero-order chi connectivity index (χ0) is 20.4. The zero-order valence-corrected chi connectivity index (χ0v) is 17.6. The van der Waals surface area contributed by atoms with Crippen LogP contribution in [0, 0.1) is 0 Å². The SMILES string of the molecule is CC/C(CC1(O)CCCC1c1cccn1S(=O)(=O)c1ccccc1)=N\N(C)C. The van der Waals surface area contributed by atoms with Gasteiger partial charge in [-0.1, -0.05) is 25.1 Å². The fourth-order valence-electron chi connectivity index (χ4n) is 4.13. The van der Waals surface area contributed by atoms with Crippen molar-refractivity contribution in [2.45, 2.75) is 55.4 Å². The maximum absolute atomic E-state index is 13.2. The minimum absolute atomic E-state index is 0.248. The van der Waals surface area contributed by atoms with Crippen LogP contribution in [0.15, 0.2) is 58.7 Å². The molecule has 7 heteroatoms. The first-order valence-electron chi connectivity index (χ1n) is 9.72. The summed E-state index contributed by atoms with van der Waals surface area (Å²) in [5, 5.41) is 17.7. The second kappa shape index (κ2) is 8.09. The number of hydrogen-bond acceptors (Lipinski definition) is 5. The number of aliphatic hydroxyl groups is 1. The van der Waals surface area contributed by atoms with Crippen molar-refractivity contribution in [3.63, 3.8) is 0 Å². The Morgan fingerprint density at radius 3 is 2.61 bits per heavy atom. The van der Waals surface area contributed by atoms with Crippen molar-refractivity contribution in [1.29, 1.82) is 0 Å². The van der Waals surface area contributed by atoms with E-state index in [0.29, 0.717) is 18.5 Å². The molecule has 152 valence electrons. The lowest BCUT2D eigenvalue weighted by molar-refractivity contribution is 0.0353. The lowest BCUT2D eigenvalue weighted by Crippen LogP contribution is -2.36. The van der Waals surface area contributed by atoms with Gasteiger partial charge in [-0.3, -0.25) is 0 Å². The highest BCUT2D eigenvalue weighted by molar-refractivity contribution is 7.90. The van der Waals surface area contributed by atoms with Gasteiger partial charge in [0.2, 0.25) is 0 Å². The summed E-state index contributed by atoms with van der Waals surface area (Å²) in [4.78, 5) is 0.248. The van der Waals surface area contributed by atoms with Gasteiger partial charge >= 0.3 is 0 Å². The van der Waals surface area contributed by atoms with E-state index < -0.39 is 15.6 Å². The molecule has 0 radical (unpaired) electrons. The zero-order valence-electron chi connectivity index (χ0n) is 16.7. The molecule has 2 aromatic rings. The minimum Gasteiger partial charge on any atom is -0.389 e. The normalized spacial score (nSPS) is 23.1. The average Bonchev–Trinajstić information content (AvgIpc) is 3.28. The van der Waals surface area contributed by atoms with Crippen LogP contribution in [0.4, 0.5) is 0 Å². The third-order valence-electron chi connectivity index (χ3n) is 5.41. The second-order valence-corrected chi connectivity index (χ2v) is 9.45. The van der Waals surface area contributed by atoms with Crippen LogP contribution in [-0.4, -0.2) is 47.9 Å². The molecule has 2 atom stereocenters. The predicted molar refractivity (Wildman–Crippen MR) is 111 cm³/mol. The molecule has 1 aliphatic rings. The third-order valence-corrected chi connectivity index (χ3v) is 7.13. The molecule has 1 fully saturated rings. The Kier molecular flexibility index (Phi) is 5.95. The molecule has 1 aromatic heterocycles. The molecule has 0 spiro atoms. The molecule has 1 heterocycles. The molecule has 0 bridgehead atoms. The lowest BCUT2D eigenvalue weighted by Gasteiger charge is -2.31. The summed E-state index contributed by atoms with van der Waals surface area (Å²) in [6.07, 6.45) is 5.02. The van der Waals surface area contributed by atoms with Crippen LogP contribution in [0.5, 0.6) is 0 Å². The summed E-state index contributed by atoms with van der Waals surface area (Å²) in [5.41, 5.74) is 0.570. The summed E-state index contributed by atoms with van der Waals surface area (Å²) in [7, 11) is 0.0292. The third kappa shape index (κ3) is 4.00. The van der Waals surface area contributed by atoms with E-state index in [1.54, 1.807) is 47.6 Å². The first-order chi connectivity index (χ1) is 13.3. The van der Waals surface area contributed by atoms with E-state index in [2.05, 4.69) is 5.10 Å². The molecular weight excluding hydrogens is 374 g/mol. The van der Waals surface area contributed by atoms with Gasteiger partial charge in [0.15, 0.2) is 0 Å². The number of hydrogen-bond donors (Lipinski definition) is 1. The standard InChI is InChI=1S/C21H29N3O3S/c1-4-17(22-23(2)3)16-21(25)14-8-12-19(21)20-13-9-15-24(20)28(26,27)18-10-6-5-7-11-18/h5-7,9-11,13,15,19,25H,4,8,12,14,16H2,1-3H3/b22-17+. The molecular formula is C21H29N3O3S. The largest absolute Gasteiger partial charge is 0.389 e. The second-order valence-electron chi connectivity index (χ2n) is 7.64. The van der Waals surface area contributed by atoms with Gasteiger partial charge in [0.25, 0.3) is 10.0 Å². The van der Waals surface area contributed by atoms with Gasteiger partial charge in [-0.05, 0) is 49.9 Å². The number of benzene rings is 1. The number of nitrogens with zero attached hydrogens (tertiary/aromatic N) is 3. The van der Waals surface area contributed by atoms with Crippen LogP contribution >= 0.6 is 0 Å². The fourth-order valence-corrected chi connectivity index (χ4v) is 5.56. The van der Waals surface area contributed by atoms with E-state index in [4.69, 9.17) is 0 Å². The topological polar surface area (TPSA) is 74.9 Å². The van der Waals surface area contributed by atoms with Gasteiger partial charge in [0.1, 0.15) is 0 Å². The highest BCUT2D eigenvalue weighted by atomic mass is 32.2. The number of hydrazone groups is 1. The van der Waals surface area contributed by atoms with E-state index in [1.165, 1.54) is 3.97 Å². The quantitative estimate of drug-likeness (QED) is 0.568. The molecule has 0 aliphatic heterocycles. The van der Waals surface area contributed by atoms with E-state index >= 15 is 0 Å². The smallest absolute Gasteiger partial charge is 0.267 e. The Bertz CT molecular complexity index is 935. The number of rotatable bonds is 7. The monoisotopic (exact) mass is 403 g/mol. The van der Waals surface area contributed by atoms with Crippen molar-refractivity contribution in [2.75, 3.05) is 14.1 Å². The first kappa shape index (κ1) is 20.6. The molecule has 6 nitrogen and oxygen atoms in total. The highest BCUT2D eigenvalue weighted by Crippen LogP contribution is 2.46. The Morgan fingerprint density at radius 2 is 1.96 bits per heavy atom. The van der Waals surface area contributed by atoms with Crippen molar-refractivity contribution >= 4 is 15.7 Å². The van der Waals surface area contributed by atoms with E-state index in [9.17, 15) is 13.5 Å². The van der Waals surface area contributed by atoms with Crippen molar-refractivity contribution in [3.05, 3.63) is 54.4 Å². The van der Waals surface area contributed by atoms with Gasteiger partial charge < -0.3 is 10.1 Å². The van der Waals surface area contributed by atoms with Crippen molar-refractivity contribution in [2.24, 2.45) is 5.10 Å². The van der Waals surface area contributed by atoms with Crippen LogP contribution in [-0.2, 0) is 10.0 Å². The molecule has 0 amide bonds. The number of aromatic nitrogens is 1. The predicted octanol–water partition coefficient (Wildman–Crippen LogP) is 3.44. The summed E-state index contributed by atoms with van der Waals surface area (Å²) >= 11 is 0. The molecule has 28 heavy (non-hydrogen) atoms. The molecule has 1 N–H and O–H groups in total. The Morgan fingerprint density at radius 1 is 1.25 bits per heavy atom. The Balaban J connectivity index is 1.97. The van der Waals surface area contributed by atoms with Crippen LogP contribution in [0.3, 0.4) is 0 Å². The van der Waals surface area contributed by atoms with E-state index in [-0.39, 0.29) is 10.8 Å². The van der Waals surface area contributed by atoms with E-state index in [1.807, 2.05) is 27.1 Å². The van der Waals surface area contributed by atoms with Crippen molar-refractivity contribution in [1.82, 2.24) is 8.98 Å². The average molecular weight is 404 g/mol. The van der Waals surface area contributed by atoms with Gasteiger partial charge in [0, 0.05) is 44.0 Å². The van der Waals surface area contributed by atoms with Gasteiger partial charge in [-0.15, -0.1) is 0 Å². The molecule has 2 unspecified atom stereocenters. The lowest BCUT2D eigenvalue weighted by atomic mass is 9.83. The fraction of sp³-hybridized carbons (Fsp3) is 0.476. The summed E-state index contributed by atoms with van der Waals surface area (Å²) in [6, 6.07) is 12.0. The van der Waals surface area contributed by atoms with Crippen molar-refractivity contribution in [3.8, 4) is 0 Å². The van der Waals surface area contributed by atoms with Crippen molar-refractivity contribution < 1.29 is 13.5 Å². The molecule has 1 aromatic carbocycles. The van der Waals surface area contributed by atoms with E-state index in [0.717, 1.165) is 25.0 Å². The van der Waals surface area contributed by atoms with Crippen LogP contribution in [0.25, 0.3) is 0 Å². The highest BCUT2D eigenvalue weighted by Gasteiger charge is 2.44. The molecule has 1 saturated carbocycles. The maximum atomic E-state index is 13.2. The van der Waals surface area contributed by atoms with Gasteiger partial charge in [0.05, 0.1) is 10.5 Å². The molecule has 1 aliphatic carbocycles. The summed E-state index contributed by atoms with van der Waals surface area (Å²) in [5.74, 6) is -0.250. The minimum atomic E-state index is -3.70. The van der Waals surface area contributed by atoms with Crippen LogP contribution in [0.2, 0.25) is 0 Å². The van der Waals surface area contributed by atoms with Gasteiger partial charge in [-0.25, -0.2) is 12.4 Å². The Labute approximate surface area is 167 Å². The summed E-state index contributed by atoms with van der Waals surface area (Å²) in [6.45, 7) is 2.03. The molecule has 3 rings (SSSR count). The first-order valence-corrected chi connectivity index (χ1v) is 11.2. The van der Waals surface area contributed by atoms with Crippen LogP contribution in [0.1, 0.15) is 50.6 Å². The van der Waals surface area contributed by atoms with Gasteiger partial charge in [-0.2, -0.15) is 5.10 Å². The summed E-state index contributed by atoms with van der Waals surface area (Å²) < 4.78 is 27.6. The van der Waals surface area contributed by atoms with Crippen LogP contribution < -0.4 is 0 Å². The Hall–Kier alpha value is -2.12.